The van der Waals surface area contributed by atoms with Crippen LogP contribution in [0, 0.1) is 6.92 Å². The first kappa shape index (κ1) is 22.3. The SMILES string of the molecule is Cc1ccc(-c2cn3c(CC(=O)Nc4ccc(S(=O)(=O)Nc5nccs5)cc4)csc3n2)cc1. The number of imidazole rings is 1. The first-order valence-electron chi connectivity index (χ1n) is 10.2. The van der Waals surface area contributed by atoms with E-state index in [4.69, 9.17) is 0 Å². The molecule has 0 radical (unpaired) electrons. The van der Waals surface area contributed by atoms with Crippen LogP contribution in [-0.4, -0.2) is 28.7 Å². The molecule has 0 unspecified atom stereocenters. The predicted molar refractivity (Wildman–Crippen MR) is 135 cm³/mol. The van der Waals surface area contributed by atoms with Crippen LogP contribution < -0.4 is 10.0 Å². The Morgan fingerprint density at radius 3 is 2.53 bits per heavy atom. The summed E-state index contributed by atoms with van der Waals surface area (Å²) in [4.78, 5) is 22.2. The van der Waals surface area contributed by atoms with Gasteiger partial charge in [-0.1, -0.05) is 29.8 Å². The maximum atomic E-state index is 12.7. The summed E-state index contributed by atoms with van der Waals surface area (Å²) in [5.74, 6) is -0.207. The van der Waals surface area contributed by atoms with E-state index in [1.165, 1.54) is 46.6 Å². The molecule has 0 spiro atoms. The summed E-state index contributed by atoms with van der Waals surface area (Å²) in [5, 5.41) is 6.72. The van der Waals surface area contributed by atoms with Crippen molar-refractivity contribution in [3.63, 3.8) is 0 Å². The van der Waals surface area contributed by atoms with Gasteiger partial charge in [0.2, 0.25) is 5.91 Å². The number of carbonyl (C=O) groups excluding carboxylic acids is 1. The van der Waals surface area contributed by atoms with Gasteiger partial charge in [0.05, 0.1) is 17.0 Å². The van der Waals surface area contributed by atoms with Gasteiger partial charge in [-0.25, -0.2) is 18.4 Å². The van der Waals surface area contributed by atoms with Crippen LogP contribution in [0.25, 0.3) is 16.2 Å². The van der Waals surface area contributed by atoms with E-state index in [2.05, 4.69) is 20.0 Å². The predicted octanol–water partition coefficient (Wildman–Crippen LogP) is 4.81. The highest BCUT2D eigenvalue weighted by molar-refractivity contribution is 7.93. The fourth-order valence-electron chi connectivity index (χ4n) is 3.35. The molecule has 5 aromatic rings. The van der Waals surface area contributed by atoms with Gasteiger partial charge in [-0.15, -0.1) is 22.7 Å². The third kappa shape index (κ3) is 4.72. The van der Waals surface area contributed by atoms with Crippen LogP contribution in [0.2, 0.25) is 0 Å². The van der Waals surface area contributed by atoms with E-state index in [0.717, 1.165) is 21.9 Å². The summed E-state index contributed by atoms with van der Waals surface area (Å²) in [6.07, 6.45) is 3.62. The average molecular weight is 510 g/mol. The van der Waals surface area contributed by atoms with Gasteiger partial charge in [0, 0.05) is 40.1 Å². The molecule has 0 aliphatic heterocycles. The smallest absolute Gasteiger partial charge is 0.263 e. The summed E-state index contributed by atoms with van der Waals surface area (Å²) < 4.78 is 29.3. The molecule has 0 aliphatic carbocycles. The Balaban J connectivity index is 1.26. The number of aromatic nitrogens is 3. The minimum atomic E-state index is -3.74. The summed E-state index contributed by atoms with van der Waals surface area (Å²) in [7, 11) is -3.74. The Bertz CT molecular complexity index is 1550. The molecule has 34 heavy (non-hydrogen) atoms. The van der Waals surface area contributed by atoms with Crippen LogP contribution >= 0.6 is 22.7 Å². The van der Waals surface area contributed by atoms with E-state index < -0.39 is 10.0 Å². The zero-order valence-corrected chi connectivity index (χ0v) is 20.4. The number of sulfonamides is 1. The van der Waals surface area contributed by atoms with E-state index in [-0.39, 0.29) is 17.2 Å². The average Bonchev–Trinajstić information content (AvgIpc) is 3.54. The number of anilines is 2. The standard InChI is InChI=1S/C23H19N5O3S3/c1-15-2-4-16(5-3-15)20-13-28-18(14-33-23(28)26-20)12-21(29)25-17-6-8-19(9-7-17)34(30,31)27-22-24-10-11-32-22/h2-11,13-14H,12H2,1H3,(H,24,27)(H,25,29). The highest BCUT2D eigenvalue weighted by Gasteiger charge is 2.16. The molecule has 1 amide bonds. The van der Waals surface area contributed by atoms with Crippen LogP contribution in [0.1, 0.15) is 11.3 Å². The maximum Gasteiger partial charge on any atom is 0.263 e. The number of rotatable bonds is 7. The molecule has 0 saturated heterocycles. The van der Waals surface area contributed by atoms with Gasteiger partial charge >= 0.3 is 0 Å². The third-order valence-corrected chi connectivity index (χ3v) is 8.14. The number of hydrogen-bond donors (Lipinski definition) is 2. The van der Waals surface area contributed by atoms with Crippen molar-refractivity contribution in [2.45, 2.75) is 18.2 Å². The van der Waals surface area contributed by atoms with Crippen molar-refractivity contribution in [2.75, 3.05) is 10.0 Å². The second kappa shape index (κ2) is 9.01. The van der Waals surface area contributed by atoms with Crippen molar-refractivity contribution in [2.24, 2.45) is 0 Å². The summed E-state index contributed by atoms with van der Waals surface area (Å²) in [6, 6.07) is 14.2. The summed E-state index contributed by atoms with van der Waals surface area (Å²) in [6.45, 7) is 2.04. The molecule has 5 rings (SSSR count). The Morgan fingerprint density at radius 2 is 1.82 bits per heavy atom. The molecule has 8 nitrogen and oxygen atoms in total. The third-order valence-electron chi connectivity index (χ3n) is 5.07. The van der Waals surface area contributed by atoms with Gasteiger partial charge in [0.15, 0.2) is 10.1 Å². The van der Waals surface area contributed by atoms with Crippen molar-refractivity contribution < 1.29 is 13.2 Å². The van der Waals surface area contributed by atoms with Gasteiger partial charge in [0.25, 0.3) is 10.0 Å². The molecular formula is C23H19N5O3S3. The zero-order valence-electron chi connectivity index (χ0n) is 17.9. The van der Waals surface area contributed by atoms with Crippen LogP contribution in [0.15, 0.2) is 76.6 Å². The number of hydrogen-bond acceptors (Lipinski definition) is 7. The van der Waals surface area contributed by atoms with Crippen molar-refractivity contribution >= 4 is 54.4 Å². The second-order valence-electron chi connectivity index (χ2n) is 7.56. The van der Waals surface area contributed by atoms with Crippen LogP contribution in [0.4, 0.5) is 10.8 Å². The number of thiazole rings is 2. The van der Waals surface area contributed by atoms with E-state index in [1.54, 1.807) is 17.5 Å². The Labute approximate surface area is 204 Å². The van der Waals surface area contributed by atoms with Gasteiger partial charge in [0.1, 0.15) is 0 Å². The van der Waals surface area contributed by atoms with E-state index >= 15 is 0 Å². The molecule has 172 valence electrons. The minimum absolute atomic E-state index is 0.0855. The lowest BCUT2D eigenvalue weighted by molar-refractivity contribution is -0.115. The molecule has 11 heteroatoms. The van der Waals surface area contributed by atoms with Crippen molar-refractivity contribution in [3.05, 3.63) is 82.9 Å². The highest BCUT2D eigenvalue weighted by Crippen LogP contribution is 2.25. The number of nitrogens with one attached hydrogen (secondary N) is 2. The fourth-order valence-corrected chi connectivity index (χ4v) is 6.02. The highest BCUT2D eigenvalue weighted by atomic mass is 32.2. The lowest BCUT2D eigenvalue weighted by Crippen LogP contribution is -2.16. The van der Waals surface area contributed by atoms with Crippen LogP contribution in [-0.2, 0) is 21.2 Å². The number of carbonyl (C=O) groups is 1. The largest absolute Gasteiger partial charge is 0.326 e. The van der Waals surface area contributed by atoms with Gasteiger partial charge in [-0.2, -0.15) is 0 Å². The zero-order chi connectivity index (χ0) is 23.7. The van der Waals surface area contributed by atoms with Gasteiger partial charge in [-0.3, -0.25) is 13.9 Å². The van der Waals surface area contributed by atoms with Crippen LogP contribution in [0.5, 0.6) is 0 Å². The van der Waals surface area contributed by atoms with Crippen LogP contribution in [0.3, 0.4) is 0 Å². The lowest BCUT2D eigenvalue weighted by Gasteiger charge is -2.08. The number of aryl methyl sites for hydroxylation is 1. The van der Waals surface area contributed by atoms with Crippen molar-refractivity contribution in [1.82, 2.24) is 14.4 Å². The summed E-state index contributed by atoms with van der Waals surface area (Å²) in [5.41, 5.74) is 4.40. The molecule has 0 saturated carbocycles. The monoisotopic (exact) mass is 509 g/mol. The first-order chi connectivity index (χ1) is 16.4. The summed E-state index contributed by atoms with van der Waals surface area (Å²) >= 11 is 2.68. The molecule has 0 aliphatic rings. The number of amides is 1. The topological polar surface area (TPSA) is 105 Å². The van der Waals surface area contributed by atoms with Gasteiger partial charge < -0.3 is 5.32 Å². The number of nitrogens with zero attached hydrogens (tertiary/aromatic N) is 3. The fraction of sp³-hybridized carbons (Fsp3) is 0.0870. The first-order valence-corrected chi connectivity index (χ1v) is 13.5. The molecule has 3 aromatic heterocycles. The molecule has 0 bridgehead atoms. The van der Waals surface area contributed by atoms with Crippen molar-refractivity contribution in [3.8, 4) is 11.3 Å². The lowest BCUT2D eigenvalue weighted by atomic mass is 10.1. The second-order valence-corrected chi connectivity index (χ2v) is 11.0. The molecule has 0 fully saturated rings. The maximum absolute atomic E-state index is 12.7. The van der Waals surface area contributed by atoms with E-state index in [0.29, 0.717) is 10.8 Å². The van der Waals surface area contributed by atoms with E-state index in [9.17, 15) is 13.2 Å². The minimum Gasteiger partial charge on any atom is -0.326 e. The quantitative estimate of drug-likeness (QED) is 0.328. The Kier molecular flexibility index (Phi) is 5.90. The Hall–Kier alpha value is -3.54. The number of benzene rings is 2. The molecule has 2 N–H and O–H groups in total. The van der Waals surface area contributed by atoms with E-state index in [1.807, 2.05) is 47.2 Å². The molecule has 3 heterocycles. The number of fused-ring (bicyclic) bond motifs is 1. The van der Waals surface area contributed by atoms with Gasteiger partial charge in [-0.05, 0) is 31.2 Å². The molecule has 2 aromatic carbocycles. The Morgan fingerprint density at radius 1 is 1.06 bits per heavy atom. The normalized spacial score (nSPS) is 11.6. The molecular weight excluding hydrogens is 490 g/mol. The van der Waals surface area contributed by atoms with Crippen molar-refractivity contribution in [1.29, 1.82) is 0 Å². The molecule has 0 atom stereocenters.